The van der Waals surface area contributed by atoms with E-state index in [1.54, 1.807) is 0 Å². The number of epoxide rings is 1. The molecule has 2 atom stereocenters. The summed E-state index contributed by atoms with van der Waals surface area (Å²) >= 11 is 5.86. The zero-order valence-corrected chi connectivity index (χ0v) is 10.7. The molecule has 1 aliphatic rings. The van der Waals surface area contributed by atoms with E-state index in [0.717, 1.165) is 5.56 Å². The molecule has 17 heavy (non-hydrogen) atoms. The fourth-order valence-electron chi connectivity index (χ4n) is 1.78. The number of nitrogens with one attached hydrogen (secondary N) is 1. The van der Waals surface area contributed by atoms with Crippen LogP contribution in [0.15, 0.2) is 24.3 Å². The van der Waals surface area contributed by atoms with Gasteiger partial charge in [-0.2, -0.15) is 0 Å². The van der Waals surface area contributed by atoms with E-state index in [1.807, 2.05) is 24.3 Å². The zero-order chi connectivity index (χ0) is 12.4. The topological polar surface area (TPSA) is 41.6 Å². The lowest BCUT2D eigenvalue weighted by Gasteiger charge is -2.04. The zero-order valence-electron chi connectivity index (χ0n) is 9.94. The largest absolute Gasteiger partial charge is 0.359 e. The summed E-state index contributed by atoms with van der Waals surface area (Å²) in [7, 11) is 0. The van der Waals surface area contributed by atoms with Crippen LogP contribution in [0, 0.1) is 5.92 Å². The highest BCUT2D eigenvalue weighted by atomic mass is 35.5. The molecular formula is C13H16ClNO2. The Balaban J connectivity index is 1.81. The predicted molar refractivity (Wildman–Crippen MR) is 66.8 cm³/mol. The maximum Gasteiger partial charge on any atom is 0.252 e. The molecule has 0 bridgehead atoms. The molecule has 1 N–H and O–H groups in total. The molecule has 1 saturated heterocycles. The van der Waals surface area contributed by atoms with Gasteiger partial charge in [-0.05, 0) is 23.6 Å². The molecule has 0 spiro atoms. The van der Waals surface area contributed by atoms with Gasteiger partial charge in [-0.25, -0.2) is 0 Å². The van der Waals surface area contributed by atoms with Crippen molar-refractivity contribution in [2.45, 2.75) is 32.6 Å². The second-order valence-corrected chi connectivity index (χ2v) is 5.05. The van der Waals surface area contributed by atoms with Crippen molar-refractivity contribution in [3.05, 3.63) is 34.9 Å². The maximum absolute atomic E-state index is 11.7. The lowest BCUT2D eigenvalue weighted by molar-refractivity contribution is -0.122. The summed E-state index contributed by atoms with van der Waals surface area (Å²) in [6.07, 6.45) is -0.191. The second kappa shape index (κ2) is 5.07. The molecule has 1 amide bonds. The number of carbonyl (C=O) groups excluding carboxylic acids is 1. The summed E-state index contributed by atoms with van der Waals surface area (Å²) in [4.78, 5) is 11.7. The van der Waals surface area contributed by atoms with Crippen molar-refractivity contribution in [2.75, 3.05) is 0 Å². The molecule has 2 unspecified atom stereocenters. The molecule has 3 nitrogen and oxygen atoms in total. The molecule has 1 heterocycles. The van der Waals surface area contributed by atoms with Crippen LogP contribution in [0.5, 0.6) is 0 Å². The highest BCUT2D eigenvalue weighted by Gasteiger charge is 2.46. The van der Waals surface area contributed by atoms with Crippen LogP contribution in [0.1, 0.15) is 19.4 Å². The van der Waals surface area contributed by atoms with Gasteiger partial charge in [0.2, 0.25) is 0 Å². The number of rotatable bonds is 4. The van der Waals surface area contributed by atoms with E-state index in [2.05, 4.69) is 19.2 Å². The molecule has 0 aromatic heterocycles. The van der Waals surface area contributed by atoms with Crippen LogP contribution in [-0.2, 0) is 16.1 Å². The Morgan fingerprint density at radius 3 is 2.88 bits per heavy atom. The molecule has 92 valence electrons. The quantitative estimate of drug-likeness (QED) is 0.837. The van der Waals surface area contributed by atoms with Crippen LogP contribution < -0.4 is 5.32 Å². The number of carbonyl (C=O) groups is 1. The minimum absolute atomic E-state index is 0.0383. The van der Waals surface area contributed by atoms with E-state index in [0.29, 0.717) is 17.5 Å². The molecule has 1 aromatic rings. The Morgan fingerprint density at radius 1 is 1.53 bits per heavy atom. The first-order chi connectivity index (χ1) is 8.08. The van der Waals surface area contributed by atoms with Gasteiger partial charge in [0.1, 0.15) is 0 Å². The first-order valence-corrected chi connectivity index (χ1v) is 6.13. The maximum atomic E-state index is 11.7. The number of amides is 1. The third-order valence-corrected chi connectivity index (χ3v) is 3.03. The lowest BCUT2D eigenvalue weighted by Crippen LogP contribution is -2.29. The van der Waals surface area contributed by atoms with Gasteiger partial charge in [-0.1, -0.05) is 37.6 Å². The fraction of sp³-hybridized carbons (Fsp3) is 0.462. The SMILES string of the molecule is CC(C)C1OC1C(=O)NCc1cccc(Cl)c1. The van der Waals surface area contributed by atoms with Crippen molar-refractivity contribution in [1.29, 1.82) is 0 Å². The van der Waals surface area contributed by atoms with E-state index in [1.165, 1.54) is 0 Å². The number of halogens is 1. The molecule has 1 aromatic carbocycles. The first-order valence-electron chi connectivity index (χ1n) is 5.75. The van der Waals surface area contributed by atoms with Gasteiger partial charge >= 0.3 is 0 Å². The van der Waals surface area contributed by atoms with Gasteiger partial charge in [0.05, 0.1) is 6.10 Å². The summed E-state index contributed by atoms with van der Waals surface area (Å²) in [5.74, 6) is 0.348. The third kappa shape index (κ3) is 3.20. The van der Waals surface area contributed by atoms with E-state index in [9.17, 15) is 4.79 Å². The van der Waals surface area contributed by atoms with Gasteiger partial charge in [0, 0.05) is 11.6 Å². The Bertz CT molecular complexity index is 420. The summed E-state index contributed by atoms with van der Waals surface area (Å²) in [5.41, 5.74) is 0.993. The predicted octanol–water partition coefficient (Wildman–Crippen LogP) is 2.38. The Kier molecular flexibility index (Phi) is 3.69. The van der Waals surface area contributed by atoms with Crippen LogP contribution in [-0.4, -0.2) is 18.1 Å². The number of hydrogen-bond donors (Lipinski definition) is 1. The molecule has 0 radical (unpaired) electrons. The van der Waals surface area contributed by atoms with Crippen LogP contribution >= 0.6 is 11.6 Å². The van der Waals surface area contributed by atoms with Gasteiger partial charge in [-0.3, -0.25) is 4.79 Å². The van der Waals surface area contributed by atoms with Crippen molar-refractivity contribution in [1.82, 2.24) is 5.32 Å². The average molecular weight is 254 g/mol. The third-order valence-electron chi connectivity index (χ3n) is 2.80. The Morgan fingerprint density at radius 2 is 2.29 bits per heavy atom. The number of hydrogen-bond acceptors (Lipinski definition) is 2. The Hall–Kier alpha value is -1.06. The number of ether oxygens (including phenoxy) is 1. The number of benzene rings is 1. The highest BCUT2D eigenvalue weighted by Crippen LogP contribution is 2.29. The normalized spacial score (nSPS) is 22.6. The van der Waals surface area contributed by atoms with Crippen molar-refractivity contribution >= 4 is 17.5 Å². The first kappa shape index (κ1) is 12.4. The minimum atomic E-state index is -0.269. The van der Waals surface area contributed by atoms with Gasteiger partial charge in [0.15, 0.2) is 6.10 Å². The molecular weight excluding hydrogens is 238 g/mol. The molecule has 1 fully saturated rings. The van der Waals surface area contributed by atoms with E-state index in [4.69, 9.17) is 16.3 Å². The summed E-state index contributed by atoms with van der Waals surface area (Å²) < 4.78 is 5.31. The average Bonchev–Trinajstić information content (AvgIpc) is 3.06. The molecule has 0 saturated carbocycles. The standard InChI is InChI=1S/C13H16ClNO2/c1-8(2)11-12(17-11)13(16)15-7-9-4-3-5-10(14)6-9/h3-6,8,11-12H,7H2,1-2H3,(H,15,16). The van der Waals surface area contributed by atoms with Crippen molar-refractivity contribution in [3.8, 4) is 0 Å². The second-order valence-electron chi connectivity index (χ2n) is 4.61. The van der Waals surface area contributed by atoms with E-state index >= 15 is 0 Å². The van der Waals surface area contributed by atoms with Crippen molar-refractivity contribution in [2.24, 2.45) is 5.92 Å². The molecule has 1 aliphatic heterocycles. The fourth-order valence-corrected chi connectivity index (χ4v) is 1.99. The van der Waals surface area contributed by atoms with Crippen LogP contribution in [0.3, 0.4) is 0 Å². The summed E-state index contributed by atoms with van der Waals surface area (Å²) in [6.45, 7) is 4.59. The van der Waals surface area contributed by atoms with Crippen LogP contribution in [0.25, 0.3) is 0 Å². The molecule has 0 aliphatic carbocycles. The van der Waals surface area contributed by atoms with Crippen molar-refractivity contribution in [3.63, 3.8) is 0 Å². The summed E-state index contributed by atoms with van der Waals surface area (Å²) in [6, 6.07) is 7.45. The van der Waals surface area contributed by atoms with E-state index < -0.39 is 0 Å². The Labute approximate surface area is 106 Å². The lowest BCUT2D eigenvalue weighted by atomic mass is 10.1. The van der Waals surface area contributed by atoms with Crippen LogP contribution in [0.2, 0.25) is 5.02 Å². The highest BCUT2D eigenvalue weighted by molar-refractivity contribution is 6.30. The smallest absolute Gasteiger partial charge is 0.252 e. The monoisotopic (exact) mass is 253 g/mol. The van der Waals surface area contributed by atoms with Gasteiger partial charge < -0.3 is 10.1 Å². The minimum Gasteiger partial charge on any atom is -0.359 e. The molecule has 4 heteroatoms. The van der Waals surface area contributed by atoms with E-state index in [-0.39, 0.29) is 18.1 Å². The van der Waals surface area contributed by atoms with Gasteiger partial charge in [-0.15, -0.1) is 0 Å². The summed E-state index contributed by atoms with van der Waals surface area (Å²) in [5, 5.41) is 3.53. The van der Waals surface area contributed by atoms with Gasteiger partial charge in [0.25, 0.3) is 5.91 Å². The van der Waals surface area contributed by atoms with Crippen LogP contribution in [0.4, 0.5) is 0 Å². The molecule has 2 rings (SSSR count). The van der Waals surface area contributed by atoms with Crippen molar-refractivity contribution < 1.29 is 9.53 Å².